The topological polar surface area (TPSA) is 77.0 Å². The highest BCUT2D eigenvalue weighted by molar-refractivity contribution is 6.00. The number of methoxy groups -OCH3 is 1. The lowest BCUT2D eigenvalue weighted by molar-refractivity contribution is 0.0594. The molecule has 3 aromatic rings. The molecule has 0 amide bonds. The van der Waals surface area contributed by atoms with E-state index in [0.29, 0.717) is 16.6 Å². The summed E-state index contributed by atoms with van der Waals surface area (Å²) in [6.45, 7) is 0. The fourth-order valence-electron chi connectivity index (χ4n) is 2.04. The maximum Gasteiger partial charge on any atom is 0.360 e. The number of rotatable bonds is 2. The largest absolute Gasteiger partial charge is 0.464 e. The number of benzene rings is 1. The Labute approximate surface area is 113 Å². The number of ether oxygens (including phenoxy) is 1. The number of carbonyl (C=O) groups is 1. The highest BCUT2D eigenvalue weighted by Crippen LogP contribution is 2.14. The Morgan fingerprint density at radius 2 is 2.00 bits per heavy atom. The number of aromatic nitrogens is 3. The van der Waals surface area contributed by atoms with Crippen molar-refractivity contribution < 1.29 is 9.53 Å². The zero-order valence-corrected chi connectivity index (χ0v) is 10.7. The molecule has 6 nitrogen and oxygen atoms in total. The molecule has 0 bridgehead atoms. The molecular weight excluding hydrogens is 258 g/mol. The standard InChI is InChI=1S/C14H11N3O3/c1-20-14(19)12-11-10(7-8-15-11)13(18)17(16-12)9-5-3-2-4-6-9/h2-8,15H,1H3. The van der Waals surface area contributed by atoms with Gasteiger partial charge in [0.1, 0.15) is 0 Å². The predicted octanol–water partition coefficient (Wildman–Crippen LogP) is 1.50. The van der Waals surface area contributed by atoms with Gasteiger partial charge in [0.05, 0.1) is 23.7 Å². The molecule has 0 aliphatic rings. The lowest BCUT2D eigenvalue weighted by atomic mass is 10.2. The molecule has 6 heteroatoms. The van der Waals surface area contributed by atoms with E-state index in [1.165, 1.54) is 11.8 Å². The number of esters is 1. The molecule has 20 heavy (non-hydrogen) atoms. The van der Waals surface area contributed by atoms with Crippen LogP contribution < -0.4 is 5.56 Å². The molecule has 3 rings (SSSR count). The number of para-hydroxylation sites is 1. The molecule has 2 aromatic heterocycles. The van der Waals surface area contributed by atoms with Gasteiger partial charge in [0.15, 0.2) is 5.69 Å². The van der Waals surface area contributed by atoms with Gasteiger partial charge in [0.2, 0.25) is 0 Å². The fraction of sp³-hybridized carbons (Fsp3) is 0.0714. The molecule has 0 aliphatic carbocycles. The third-order valence-electron chi connectivity index (χ3n) is 2.99. The van der Waals surface area contributed by atoms with Crippen molar-refractivity contribution in [3.05, 3.63) is 58.6 Å². The number of carbonyl (C=O) groups excluding carboxylic acids is 1. The zero-order valence-electron chi connectivity index (χ0n) is 10.7. The van der Waals surface area contributed by atoms with Crippen LogP contribution in [0.2, 0.25) is 0 Å². The van der Waals surface area contributed by atoms with Gasteiger partial charge in [0.25, 0.3) is 5.56 Å². The van der Waals surface area contributed by atoms with Gasteiger partial charge in [-0.25, -0.2) is 4.79 Å². The molecular formula is C14H11N3O3. The maximum absolute atomic E-state index is 12.4. The van der Waals surface area contributed by atoms with Gasteiger partial charge < -0.3 is 9.72 Å². The number of H-pyrrole nitrogens is 1. The van der Waals surface area contributed by atoms with Gasteiger partial charge in [-0.3, -0.25) is 4.79 Å². The summed E-state index contributed by atoms with van der Waals surface area (Å²) >= 11 is 0. The van der Waals surface area contributed by atoms with Crippen LogP contribution in [0.1, 0.15) is 10.5 Å². The van der Waals surface area contributed by atoms with Gasteiger partial charge >= 0.3 is 5.97 Å². The van der Waals surface area contributed by atoms with E-state index in [4.69, 9.17) is 4.74 Å². The van der Waals surface area contributed by atoms with Gasteiger partial charge in [0, 0.05) is 6.20 Å². The van der Waals surface area contributed by atoms with Crippen LogP contribution in [-0.4, -0.2) is 27.8 Å². The van der Waals surface area contributed by atoms with Crippen molar-refractivity contribution in [2.24, 2.45) is 0 Å². The van der Waals surface area contributed by atoms with E-state index in [1.807, 2.05) is 6.07 Å². The molecule has 0 aliphatic heterocycles. The quantitative estimate of drug-likeness (QED) is 0.715. The van der Waals surface area contributed by atoms with Crippen LogP contribution in [0.25, 0.3) is 16.6 Å². The third kappa shape index (κ3) is 1.78. The zero-order chi connectivity index (χ0) is 14.1. The average molecular weight is 269 g/mol. The van der Waals surface area contributed by atoms with E-state index in [0.717, 1.165) is 0 Å². The van der Waals surface area contributed by atoms with E-state index in [2.05, 4.69) is 10.1 Å². The Kier molecular flexibility index (Phi) is 2.83. The molecule has 0 saturated heterocycles. The number of hydrogen-bond acceptors (Lipinski definition) is 4. The van der Waals surface area contributed by atoms with Crippen molar-refractivity contribution in [3.8, 4) is 5.69 Å². The molecule has 0 unspecified atom stereocenters. The summed E-state index contributed by atoms with van der Waals surface area (Å²) in [5.74, 6) is -0.595. The molecule has 0 saturated carbocycles. The second-order valence-electron chi connectivity index (χ2n) is 4.16. The molecule has 0 atom stereocenters. The first-order valence-electron chi connectivity index (χ1n) is 5.96. The molecule has 1 aromatic carbocycles. The Morgan fingerprint density at radius 3 is 2.70 bits per heavy atom. The lowest BCUT2D eigenvalue weighted by Gasteiger charge is -2.07. The summed E-state index contributed by atoms with van der Waals surface area (Å²) in [7, 11) is 1.27. The lowest BCUT2D eigenvalue weighted by Crippen LogP contribution is -2.24. The Morgan fingerprint density at radius 1 is 1.25 bits per heavy atom. The summed E-state index contributed by atoms with van der Waals surface area (Å²) in [4.78, 5) is 27.0. The molecule has 0 fully saturated rings. The Balaban J connectivity index is 2.36. The predicted molar refractivity (Wildman–Crippen MR) is 73.0 cm³/mol. The molecule has 2 heterocycles. The number of aromatic amines is 1. The average Bonchev–Trinajstić information content (AvgIpc) is 2.98. The van der Waals surface area contributed by atoms with Gasteiger partial charge in [-0.05, 0) is 18.2 Å². The van der Waals surface area contributed by atoms with Crippen molar-refractivity contribution in [2.75, 3.05) is 7.11 Å². The molecule has 1 N–H and O–H groups in total. The highest BCUT2D eigenvalue weighted by Gasteiger charge is 2.18. The SMILES string of the molecule is COC(=O)c1nn(-c2ccccc2)c(=O)c2cc[nH]c12. The summed E-state index contributed by atoms with van der Waals surface area (Å²) in [5, 5.41) is 4.50. The minimum absolute atomic E-state index is 0.0796. The third-order valence-corrected chi connectivity index (χ3v) is 2.99. The van der Waals surface area contributed by atoms with Crippen LogP contribution >= 0.6 is 0 Å². The van der Waals surface area contributed by atoms with Gasteiger partial charge in [-0.2, -0.15) is 9.78 Å². The Hall–Kier alpha value is -2.89. The van der Waals surface area contributed by atoms with Crippen LogP contribution in [0.3, 0.4) is 0 Å². The van der Waals surface area contributed by atoms with E-state index in [-0.39, 0.29) is 11.3 Å². The Bertz CT molecular complexity index is 834. The van der Waals surface area contributed by atoms with Crippen molar-refractivity contribution in [3.63, 3.8) is 0 Å². The van der Waals surface area contributed by atoms with E-state index in [1.54, 1.807) is 36.5 Å². The van der Waals surface area contributed by atoms with Crippen molar-refractivity contribution in [1.82, 2.24) is 14.8 Å². The molecule has 0 spiro atoms. The molecule has 0 radical (unpaired) electrons. The van der Waals surface area contributed by atoms with Crippen LogP contribution in [0.4, 0.5) is 0 Å². The van der Waals surface area contributed by atoms with Crippen LogP contribution in [0, 0.1) is 0 Å². The number of hydrogen-bond donors (Lipinski definition) is 1. The maximum atomic E-state index is 12.4. The smallest absolute Gasteiger partial charge is 0.360 e. The first-order valence-corrected chi connectivity index (χ1v) is 5.96. The van der Waals surface area contributed by atoms with E-state index >= 15 is 0 Å². The number of fused-ring (bicyclic) bond motifs is 1. The first-order chi connectivity index (χ1) is 9.72. The van der Waals surface area contributed by atoms with Crippen molar-refractivity contribution >= 4 is 16.9 Å². The minimum atomic E-state index is -0.595. The monoisotopic (exact) mass is 269 g/mol. The highest BCUT2D eigenvalue weighted by atomic mass is 16.5. The van der Waals surface area contributed by atoms with Crippen LogP contribution in [0.5, 0.6) is 0 Å². The summed E-state index contributed by atoms with van der Waals surface area (Å²) < 4.78 is 5.90. The van der Waals surface area contributed by atoms with Crippen molar-refractivity contribution in [1.29, 1.82) is 0 Å². The summed E-state index contributed by atoms with van der Waals surface area (Å²) in [6, 6.07) is 10.5. The first kappa shape index (κ1) is 12.2. The van der Waals surface area contributed by atoms with E-state index < -0.39 is 5.97 Å². The van der Waals surface area contributed by atoms with Gasteiger partial charge in [-0.15, -0.1) is 0 Å². The van der Waals surface area contributed by atoms with Crippen LogP contribution in [-0.2, 0) is 4.74 Å². The van der Waals surface area contributed by atoms with Crippen LogP contribution in [0.15, 0.2) is 47.4 Å². The summed E-state index contributed by atoms with van der Waals surface area (Å²) in [6.07, 6.45) is 1.59. The van der Waals surface area contributed by atoms with E-state index in [9.17, 15) is 9.59 Å². The van der Waals surface area contributed by atoms with Crippen molar-refractivity contribution in [2.45, 2.75) is 0 Å². The minimum Gasteiger partial charge on any atom is -0.464 e. The second kappa shape index (κ2) is 4.65. The van der Waals surface area contributed by atoms with Gasteiger partial charge in [-0.1, -0.05) is 18.2 Å². The summed E-state index contributed by atoms with van der Waals surface area (Å²) in [5.41, 5.74) is 0.760. The number of nitrogens with one attached hydrogen (secondary N) is 1. The number of nitrogens with zero attached hydrogens (tertiary/aromatic N) is 2. The molecule has 100 valence electrons. The second-order valence-corrected chi connectivity index (χ2v) is 4.16. The fourth-order valence-corrected chi connectivity index (χ4v) is 2.04. The normalized spacial score (nSPS) is 10.7.